The first-order valence-electron chi connectivity index (χ1n) is 12.7. The third-order valence-electron chi connectivity index (χ3n) is 10.0. The largest absolute Gasteiger partial charge is 0.447 e. The van der Waals surface area contributed by atoms with Crippen molar-refractivity contribution in [2.45, 2.75) is 76.6 Å². The van der Waals surface area contributed by atoms with Crippen LogP contribution < -0.4 is 0 Å². The van der Waals surface area contributed by atoms with Crippen molar-refractivity contribution in [1.29, 1.82) is 0 Å². The molecule has 0 aromatic heterocycles. The van der Waals surface area contributed by atoms with Crippen molar-refractivity contribution in [2.24, 2.45) is 28.6 Å². The molecule has 0 bridgehead atoms. The number of hydrogen-bond donors (Lipinski definition) is 3. The smallest absolute Gasteiger partial charge is 0.339 e. The van der Waals surface area contributed by atoms with Crippen LogP contribution in [0.5, 0.6) is 0 Å². The van der Waals surface area contributed by atoms with Gasteiger partial charge in [-0.05, 0) is 80.2 Å². The lowest BCUT2D eigenvalue weighted by Crippen LogP contribution is -2.63. The molecule has 0 amide bonds. The SMILES string of the molecule is C[C@]12CCC(O)C=C1CC[C@@H]1[C@@H]2[C@@H](O)C[C@@]2(C)[C@H]1CC[C@]2(OC(=O)c1ccccc1)C(=O)CO. The molecule has 1 unspecified atom stereocenters. The molecular formula is C28H36O6. The molecule has 1 aromatic carbocycles. The molecule has 1 aromatic rings. The van der Waals surface area contributed by atoms with E-state index < -0.39 is 41.6 Å². The van der Waals surface area contributed by atoms with Gasteiger partial charge in [-0.3, -0.25) is 4.79 Å². The molecule has 5 rings (SSSR count). The fourth-order valence-electron chi connectivity index (χ4n) is 8.43. The molecule has 0 saturated heterocycles. The number of allylic oxidation sites excluding steroid dienone is 1. The van der Waals surface area contributed by atoms with Gasteiger partial charge in [0, 0.05) is 5.41 Å². The van der Waals surface area contributed by atoms with Gasteiger partial charge < -0.3 is 20.1 Å². The Morgan fingerprint density at radius 3 is 2.50 bits per heavy atom. The van der Waals surface area contributed by atoms with Gasteiger partial charge in [-0.1, -0.05) is 43.7 Å². The van der Waals surface area contributed by atoms with Crippen LogP contribution in [0.3, 0.4) is 0 Å². The monoisotopic (exact) mass is 468 g/mol. The second-order valence-electron chi connectivity index (χ2n) is 11.4. The average Bonchev–Trinajstić information content (AvgIpc) is 3.11. The van der Waals surface area contributed by atoms with E-state index in [2.05, 4.69) is 6.92 Å². The number of benzene rings is 1. The van der Waals surface area contributed by atoms with Crippen LogP contribution in [0.15, 0.2) is 42.0 Å². The van der Waals surface area contributed by atoms with Crippen molar-refractivity contribution in [3.05, 3.63) is 47.5 Å². The van der Waals surface area contributed by atoms with Crippen LogP contribution in [0.1, 0.15) is 69.2 Å². The summed E-state index contributed by atoms with van der Waals surface area (Å²) in [6, 6.07) is 8.63. The van der Waals surface area contributed by atoms with Crippen LogP contribution >= 0.6 is 0 Å². The van der Waals surface area contributed by atoms with Crippen molar-refractivity contribution in [3.63, 3.8) is 0 Å². The first-order chi connectivity index (χ1) is 16.2. The molecule has 0 radical (unpaired) electrons. The van der Waals surface area contributed by atoms with Gasteiger partial charge >= 0.3 is 5.97 Å². The van der Waals surface area contributed by atoms with Crippen LogP contribution in [-0.2, 0) is 9.53 Å². The van der Waals surface area contributed by atoms with E-state index in [1.165, 1.54) is 5.57 Å². The summed E-state index contributed by atoms with van der Waals surface area (Å²) in [5.41, 5.74) is -0.763. The molecule has 3 fully saturated rings. The van der Waals surface area contributed by atoms with Gasteiger partial charge in [-0.15, -0.1) is 0 Å². The lowest BCUT2D eigenvalue weighted by Gasteiger charge is -2.61. The van der Waals surface area contributed by atoms with Crippen LogP contribution in [0.2, 0.25) is 0 Å². The summed E-state index contributed by atoms with van der Waals surface area (Å²) in [6.07, 6.45) is 5.64. The van der Waals surface area contributed by atoms with E-state index in [9.17, 15) is 24.9 Å². The van der Waals surface area contributed by atoms with Crippen LogP contribution in [0, 0.1) is 28.6 Å². The highest BCUT2D eigenvalue weighted by molar-refractivity contribution is 5.96. The summed E-state index contributed by atoms with van der Waals surface area (Å²) in [4.78, 5) is 26.4. The van der Waals surface area contributed by atoms with Gasteiger partial charge in [0.15, 0.2) is 5.60 Å². The summed E-state index contributed by atoms with van der Waals surface area (Å²) < 4.78 is 6.08. The van der Waals surface area contributed by atoms with E-state index in [1.807, 2.05) is 19.1 Å². The molecule has 0 aliphatic heterocycles. The summed E-state index contributed by atoms with van der Waals surface area (Å²) in [5, 5.41) is 31.8. The molecular weight excluding hydrogens is 432 g/mol. The zero-order chi connectivity index (χ0) is 24.3. The predicted octanol–water partition coefficient (Wildman–Crippen LogP) is 3.44. The molecule has 8 atom stereocenters. The van der Waals surface area contributed by atoms with Gasteiger partial charge in [-0.25, -0.2) is 4.79 Å². The third kappa shape index (κ3) is 3.25. The Bertz CT molecular complexity index is 1000. The van der Waals surface area contributed by atoms with Gasteiger partial charge in [-0.2, -0.15) is 0 Å². The molecule has 4 aliphatic rings. The maximum atomic E-state index is 13.3. The minimum atomic E-state index is -1.45. The summed E-state index contributed by atoms with van der Waals surface area (Å²) in [5.74, 6) is -0.707. The van der Waals surface area contributed by atoms with E-state index in [0.29, 0.717) is 24.8 Å². The number of aliphatic hydroxyl groups is 3. The molecule has 0 spiro atoms. The number of hydrogen-bond acceptors (Lipinski definition) is 6. The molecule has 3 saturated carbocycles. The van der Waals surface area contributed by atoms with Gasteiger partial charge in [0.25, 0.3) is 0 Å². The second-order valence-corrected chi connectivity index (χ2v) is 11.4. The number of esters is 1. The Hall–Kier alpha value is -2.02. The first-order valence-corrected chi connectivity index (χ1v) is 12.7. The first kappa shape index (κ1) is 23.7. The normalized spacial score (nSPS) is 43.2. The molecule has 34 heavy (non-hydrogen) atoms. The quantitative estimate of drug-likeness (QED) is 0.462. The van der Waals surface area contributed by atoms with E-state index in [1.54, 1.807) is 24.3 Å². The molecule has 6 nitrogen and oxygen atoms in total. The second kappa shape index (κ2) is 8.28. The van der Waals surface area contributed by atoms with Crippen molar-refractivity contribution < 1.29 is 29.6 Å². The number of fused-ring (bicyclic) bond motifs is 5. The van der Waals surface area contributed by atoms with Crippen LogP contribution in [0.4, 0.5) is 0 Å². The summed E-state index contributed by atoms with van der Waals surface area (Å²) >= 11 is 0. The number of rotatable bonds is 4. The van der Waals surface area contributed by atoms with Crippen molar-refractivity contribution in [1.82, 2.24) is 0 Å². The van der Waals surface area contributed by atoms with Crippen LogP contribution in [-0.4, -0.2) is 51.5 Å². The highest BCUT2D eigenvalue weighted by atomic mass is 16.6. The van der Waals surface area contributed by atoms with E-state index in [0.717, 1.165) is 25.7 Å². The minimum Gasteiger partial charge on any atom is -0.447 e. The number of carbonyl (C=O) groups is 2. The average molecular weight is 469 g/mol. The predicted molar refractivity (Wildman–Crippen MR) is 126 cm³/mol. The van der Waals surface area contributed by atoms with Crippen molar-refractivity contribution in [2.75, 3.05) is 6.61 Å². The fraction of sp³-hybridized carbons (Fsp3) is 0.643. The van der Waals surface area contributed by atoms with E-state index in [4.69, 9.17) is 4.74 Å². The third-order valence-corrected chi connectivity index (χ3v) is 10.0. The standard InChI is InChI=1S/C28H36O6/c1-26-12-10-19(30)14-18(26)8-9-20-21-11-13-28(23(32)16-29,27(21,2)15-22(31)24(20)26)34-25(33)17-6-4-3-5-7-17/h3-7,14,19-22,24,29-31H,8-13,15-16H2,1-2H3/t19?,20-,21-,22-,24+,26-,27-,28-/m0/s1. The van der Waals surface area contributed by atoms with Crippen molar-refractivity contribution in [3.8, 4) is 0 Å². The zero-order valence-electron chi connectivity index (χ0n) is 20.1. The number of ketones is 1. The topological polar surface area (TPSA) is 104 Å². The van der Waals surface area contributed by atoms with Gasteiger partial charge in [0.1, 0.15) is 6.61 Å². The van der Waals surface area contributed by atoms with Crippen LogP contribution in [0.25, 0.3) is 0 Å². The highest BCUT2D eigenvalue weighted by Crippen LogP contribution is 2.68. The number of aliphatic hydroxyl groups excluding tert-OH is 3. The minimum absolute atomic E-state index is 0.0444. The van der Waals surface area contributed by atoms with E-state index >= 15 is 0 Å². The summed E-state index contributed by atoms with van der Waals surface area (Å²) in [6.45, 7) is 3.51. The number of carbonyl (C=O) groups excluding carboxylic acids is 2. The van der Waals surface area contributed by atoms with Gasteiger partial charge in [0.05, 0.1) is 17.8 Å². The molecule has 0 heterocycles. The highest BCUT2D eigenvalue weighted by Gasteiger charge is 2.70. The Morgan fingerprint density at radius 2 is 1.79 bits per heavy atom. The maximum absolute atomic E-state index is 13.3. The number of Topliss-reactive ketones (excluding diaryl/α,β-unsaturated/α-hetero) is 1. The zero-order valence-corrected chi connectivity index (χ0v) is 20.1. The Balaban J connectivity index is 1.52. The van der Waals surface area contributed by atoms with Gasteiger partial charge in [0.2, 0.25) is 5.78 Å². The van der Waals surface area contributed by atoms with Crippen molar-refractivity contribution >= 4 is 11.8 Å². The Kier molecular flexibility index (Phi) is 5.78. The maximum Gasteiger partial charge on any atom is 0.339 e. The molecule has 184 valence electrons. The van der Waals surface area contributed by atoms with E-state index in [-0.39, 0.29) is 23.2 Å². The lowest BCUT2D eigenvalue weighted by atomic mass is 9.45. The molecule has 4 aliphatic carbocycles. The fourth-order valence-corrected chi connectivity index (χ4v) is 8.43. The Labute approximate surface area is 201 Å². The lowest BCUT2D eigenvalue weighted by molar-refractivity contribution is -0.183. The molecule has 6 heteroatoms. The number of ether oxygens (including phenoxy) is 1. The Morgan fingerprint density at radius 1 is 1.06 bits per heavy atom. The molecule has 3 N–H and O–H groups in total. The summed E-state index contributed by atoms with van der Waals surface area (Å²) in [7, 11) is 0.